The second-order valence-electron chi connectivity index (χ2n) is 7.09. The fourth-order valence-corrected chi connectivity index (χ4v) is 3.84. The number of sulfone groups is 1. The van der Waals surface area contributed by atoms with Crippen LogP contribution in [0.4, 0.5) is 22.0 Å². The molecule has 0 radical (unpaired) electrons. The number of halogens is 5. The van der Waals surface area contributed by atoms with Gasteiger partial charge in [0.25, 0.3) is 0 Å². The van der Waals surface area contributed by atoms with Crippen molar-refractivity contribution in [3.05, 3.63) is 65.4 Å². The number of rotatable bonds is 5. The second-order valence-corrected chi connectivity index (χ2v) is 9.11. The topological polar surface area (TPSA) is 69.7 Å². The van der Waals surface area contributed by atoms with Crippen molar-refractivity contribution < 1.29 is 44.6 Å². The Bertz CT molecular complexity index is 1170. The second kappa shape index (κ2) is 7.63. The van der Waals surface area contributed by atoms with Crippen LogP contribution < -0.4 is 4.74 Å². The number of cyclic esters (lactones) is 1. The van der Waals surface area contributed by atoms with Gasteiger partial charge in [-0.15, -0.1) is 0 Å². The molecule has 2 aromatic carbocycles. The number of ether oxygens (including phenoxy) is 2. The van der Waals surface area contributed by atoms with Crippen molar-refractivity contribution in [2.45, 2.75) is 30.0 Å². The molecule has 1 heterocycles. The molecule has 1 aliphatic rings. The predicted molar refractivity (Wildman–Crippen MR) is 98.6 cm³/mol. The number of hydrogen-bond acceptors (Lipinski definition) is 5. The third kappa shape index (κ3) is 4.87. The number of esters is 1. The van der Waals surface area contributed by atoms with Gasteiger partial charge in [-0.25, -0.2) is 22.0 Å². The van der Waals surface area contributed by atoms with E-state index in [4.69, 9.17) is 9.47 Å². The molecule has 1 atom stereocenters. The quantitative estimate of drug-likeness (QED) is 0.486. The van der Waals surface area contributed by atoms with Crippen LogP contribution in [0.3, 0.4) is 0 Å². The average molecular weight is 462 g/mol. The van der Waals surface area contributed by atoms with Crippen molar-refractivity contribution in [3.8, 4) is 5.75 Å². The zero-order chi connectivity index (χ0) is 23.2. The van der Waals surface area contributed by atoms with Crippen LogP contribution in [0.5, 0.6) is 5.75 Å². The Morgan fingerprint density at radius 1 is 1.03 bits per heavy atom. The molecule has 2 aromatic rings. The molecular formula is C20H15F5O5S. The van der Waals surface area contributed by atoms with Crippen LogP contribution in [0.15, 0.2) is 53.1 Å². The number of carbonyl (C=O) groups is 1. The van der Waals surface area contributed by atoms with Gasteiger partial charge >= 0.3 is 12.1 Å². The largest absolute Gasteiger partial charge is 0.449 e. The summed E-state index contributed by atoms with van der Waals surface area (Å²) < 4.78 is 99.9. The van der Waals surface area contributed by atoms with E-state index in [-0.39, 0.29) is 21.8 Å². The lowest BCUT2D eigenvalue weighted by Gasteiger charge is -2.27. The van der Waals surface area contributed by atoms with E-state index in [0.717, 1.165) is 37.4 Å². The Labute approximate surface area is 174 Å². The number of hydrogen-bond donors (Lipinski definition) is 0. The van der Waals surface area contributed by atoms with E-state index in [1.54, 1.807) is 0 Å². The first-order valence-electron chi connectivity index (χ1n) is 8.68. The lowest BCUT2D eigenvalue weighted by molar-refractivity contribution is -0.176. The van der Waals surface area contributed by atoms with Gasteiger partial charge in [-0.05, 0) is 36.8 Å². The Kier molecular flexibility index (Phi) is 5.59. The van der Waals surface area contributed by atoms with Crippen molar-refractivity contribution >= 4 is 21.4 Å². The van der Waals surface area contributed by atoms with Crippen LogP contribution in [0.1, 0.15) is 18.9 Å². The van der Waals surface area contributed by atoms with E-state index < -0.39 is 51.4 Å². The highest BCUT2D eigenvalue weighted by molar-refractivity contribution is 7.90. The molecule has 0 saturated carbocycles. The molecule has 11 heteroatoms. The molecule has 1 unspecified atom stereocenters. The van der Waals surface area contributed by atoms with Gasteiger partial charge in [-0.1, -0.05) is 12.1 Å². The van der Waals surface area contributed by atoms with Gasteiger partial charge in [0.05, 0.1) is 16.9 Å². The molecule has 0 aromatic heterocycles. The molecule has 0 spiro atoms. The van der Waals surface area contributed by atoms with E-state index in [1.165, 1.54) is 12.1 Å². The van der Waals surface area contributed by atoms with E-state index >= 15 is 0 Å². The monoisotopic (exact) mass is 462 g/mol. The molecule has 0 bridgehead atoms. The first-order valence-corrected chi connectivity index (χ1v) is 10.6. The molecule has 0 N–H and O–H groups in total. The summed E-state index contributed by atoms with van der Waals surface area (Å²) in [5, 5.41) is 0. The summed E-state index contributed by atoms with van der Waals surface area (Å²) in [5.41, 5.74) is -2.47. The molecule has 0 amide bonds. The van der Waals surface area contributed by atoms with Gasteiger partial charge in [0.2, 0.25) is 5.76 Å². The van der Waals surface area contributed by atoms with Crippen LogP contribution in [0.2, 0.25) is 0 Å². The SMILES string of the molecule is CC1(CC(F)(F)F)OC(=O)C(Oc2ccc(F)c(F)c2)=C1c1ccc(S(C)(=O)=O)cc1. The fraction of sp³-hybridized carbons (Fsp3) is 0.250. The zero-order valence-electron chi connectivity index (χ0n) is 16.1. The van der Waals surface area contributed by atoms with Crippen molar-refractivity contribution in [3.63, 3.8) is 0 Å². The normalized spacial score (nSPS) is 19.5. The van der Waals surface area contributed by atoms with E-state index in [2.05, 4.69) is 0 Å². The van der Waals surface area contributed by atoms with Crippen LogP contribution >= 0.6 is 0 Å². The zero-order valence-corrected chi connectivity index (χ0v) is 16.9. The maximum absolute atomic E-state index is 13.5. The minimum absolute atomic E-state index is 0.0302. The summed E-state index contributed by atoms with van der Waals surface area (Å²) in [6.45, 7) is 1.03. The van der Waals surface area contributed by atoms with E-state index in [0.29, 0.717) is 6.07 Å². The third-order valence-electron chi connectivity index (χ3n) is 4.48. The minimum Gasteiger partial charge on any atom is -0.449 e. The van der Waals surface area contributed by atoms with Gasteiger partial charge in [-0.2, -0.15) is 13.2 Å². The van der Waals surface area contributed by atoms with Crippen LogP contribution in [0.25, 0.3) is 5.57 Å². The van der Waals surface area contributed by atoms with E-state index in [9.17, 15) is 35.2 Å². The van der Waals surface area contributed by atoms with Gasteiger partial charge in [-0.3, -0.25) is 0 Å². The first kappa shape index (κ1) is 22.7. The Balaban J connectivity index is 2.16. The summed E-state index contributed by atoms with van der Waals surface area (Å²) in [6.07, 6.45) is -5.33. The third-order valence-corrected chi connectivity index (χ3v) is 5.61. The van der Waals surface area contributed by atoms with Crippen LogP contribution in [-0.2, 0) is 19.4 Å². The van der Waals surface area contributed by atoms with Crippen LogP contribution in [0, 0.1) is 11.6 Å². The highest BCUT2D eigenvalue weighted by Gasteiger charge is 2.52. The van der Waals surface area contributed by atoms with Crippen molar-refractivity contribution in [2.24, 2.45) is 0 Å². The number of carbonyl (C=O) groups excluding carboxylic acids is 1. The first-order chi connectivity index (χ1) is 14.2. The van der Waals surface area contributed by atoms with Crippen molar-refractivity contribution in [1.29, 1.82) is 0 Å². The Hall–Kier alpha value is -2.95. The molecular weight excluding hydrogens is 447 g/mol. The molecule has 0 saturated heterocycles. The smallest absolute Gasteiger partial charge is 0.393 e. The highest BCUT2D eigenvalue weighted by Crippen LogP contribution is 2.46. The van der Waals surface area contributed by atoms with Gasteiger partial charge in [0.1, 0.15) is 11.4 Å². The average Bonchev–Trinajstić information content (AvgIpc) is 2.85. The number of benzene rings is 2. The minimum atomic E-state index is -4.73. The standard InChI is InChI=1S/C20H15F5O5S/c1-19(10-20(23,24)25)16(11-3-6-13(7-4-11)31(2,27)28)17(18(26)30-19)29-12-5-8-14(21)15(22)9-12/h3-9H,10H2,1-2H3. The Morgan fingerprint density at radius 3 is 2.16 bits per heavy atom. The molecule has 31 heavy (non-hydrogen) atoms. The van der Waals surface area contributed by atoms with Gasteiger partial charge in [0.15, 0.2) is 21.5 Å². The maximum Gasteiger partial charge on any atom is 0.393 e. The number of alkyl halides is 3. The lowest BCUT2D eigenvalue weighted by atomic mass is 9.87. The van der Waals surface area contributed by atoms with Gasteiger partial charge < -0.3 is 9.47 Å². The van der Waals surface area contributed by atoms with Crippen molar-refractivity contribution in [1.82, 2.24) is 0 Å². The summed E-state index contributed by atoms with van der Waals surface area (Å²) in [4.78, 5) is 12.3. The fourth-order valence-electron chi connectivity index (χ4n) is 3.21. The summed E-state index contributed by atoms with van der Waals surface area (Å²) in [7, 11) is -3.59. The molecule has 0 aliphatic carbocycles. The van der Waals surface area contributed by atoms with Crippen molar-refractivity contribution in [2.75, 3.05) is 6.26 Å². The summed E-state index contributed by atoms with van der Waals surface area (Å²) in [6, 6.07) is 7.06. The lowest BCUT2D eigenvalue weighted by Crippen LogP contribution is -2.33. The predicted octanol–water partition coefficient (Wildman–Crippen LogP) is 4.43. The summed E-state index contributed by atoms with van der Waals surface area (Å²) >= 11 is 0. The van der Waals surface area contributed by atoms with E-state index in [1.807, 2.05) is 0 Å². The van der Waals surface area contributed by atoms with Crippen LogP contribution in [-0.4, -0.2) is 32.4 Å². The molecule has 166 valence electrons. The molecule has 1 aliphatic heterocycles. The summed E-state index contributed by atoms with van der Waals surface area (Å²) in [5.74, 6) is -4.70. The molecule has 5 nitrogen and oxygen atoms in total. The maximum atomic E-state index is 13.5. The Morgan fingerprint density at radius 2 is 1.65 bits per heavy atom. The molecule has 3 rings (SSSR count). The highest BCUT2D eigenvalue weighted by atomic mass is 32.2. The molecule has 0 fully saturated rings. The van der Waals surface area contributed by atoms with Gasteiger partial charge in [0, 0.05) is 12.3 Å².